The summed E-state index contributed by atoms with van der Waals surface area (Å²) in [5.74, 6) is -0.309. The molecule has 0 saturated heterocycles. The van der Waals surface area contributed by atoms with E-state index in [9.17, 15) is 13.2 Å². The number of halogens is 1. The van der Waals surface area contributed by atoms with Crippen molar-refractivity contribution in [3.63, 3.8) is 0 Å². The number of rotatable bonds is 9. The van der Waals surface area contributed by atoms with E-state index in [-0.39, 0.29) is 11.4 Å². The lowest BCUT2D eigenvalue weighted by atomic mass is 10.0. The van der Waals surface area contributed by atoms with Gasteiger partial charge in [-0.3, -0.25) is 4.79 Å². The Morgan fingerprint density at radius 2 is 1.94 bits per heavy atom. The van der Waals surface area contributed by atoms with E-state index < -0.39 is 15.9 Å². The molecule has 162 valence electrons. The molecule has 1 aromatic heterocycles. The number of benzene rings is 2. The van der Waals surface area contributed by atoms with E-state index in [1.165, 1.54) is 6.20 Å². The number of carbonyl (C=O) groups is 1. The number of amides is 1. The van der Waals surface area contributed by atoms with Gasteiger partial charge >= 0.3 is 0 Å². The SMILES string of the molecule is C=CCCCS(=O)(=O)NC(=O)c1cn(Cc2ccc(-c3ccccc3)cc2Cl)c(C)n1. The first-order chi connectivity index (χ1) is 14.8. The standard InChI is InChI=1S/C23H24ClN3O3S/c1-3-4-8-13-31(29,30)26-23(28)22-16-27(17(2)25-22)15-20-12-11-19(14-21(20)24)18-9-6-5-7-10-18/h3,5-7,9-12,14,16H,1,4,8,13,15H2,2H3,(H,26,28). The van der Waals surface area contributed by atoms with Crippen molar-refractivity contribution < 1.29 is 13.2 Å². The van der Waals surface area contributed by atoms with E-state index in [2.05, 4.69) is 16.3 Å². The predicted octanol–water partition coefficient (Wildman–Crippen LogP) is 4.59. The highest BCUT2D eigenvalue weighted by molar-refractivity contribution is 7.90. The Hall–Kier alpha value is -2.90. The molecular weight excluding hydrogens is 434 g/mol. The average molecular weight is 458 g/mol. The second-order valence-electron chi connectivity index (χ2n) is 7.15. The number of hydrogen-bond donors (Lipinski definition) is 1. The smallest absolute Gasteiger partial charge is 0.284 e. The van der Waals surface area contributed by atoms with Crippen LogP contribution in [0.25, 0.3) is 11.1 Å². The first kappa shape index (κ1) is 22.8. The molecule has 3 rings (SSSR count). The van der Waals surface area contributed by atoms with Crippen molar-refractivity contribution in [3.05, 3.63) is 89.5 Å². The Bertz CT molecular complexity index is 1190. The van der Waals surface area contributed by atoms with Crippen LogP contribution in [0.2, 0.25) is 5.02 Å². The Morgan fingerprint density at radius 3 is 2.61 bits per heavy atom. The monoisotopic (exact) mass is 457 g/mol. The summed E-state index contributed by atoms with van der Waals surface area (Å²) in [4.78, 5) is 16.6. The van der Waals surface area contributed by atoms with Crippen molar-refractivity contribution in [2.75, 3.05) is 5.75 Å². The molecule has 0 unspecified atom stereocenters. The van der Waals surface area contributed by atoms with Crippen molar-refractivity contribution in [2.24, 2.45) is 0 Å². The molecule has 1 heterocycles. The first-order valence-electron chi connectivity index (χ1n) is 9.82. The number of allylic oxidation sites excluding steroid dienone is 1. The fourth-order valence-corrected chi connectivity index (χ4v) is 4.39. The third kappa shape index (κ3) is 6.06. The summed E-state index contributed by atoms with van der Waals surface area (Å²) in [6.45, 7) is 5.72. The van der Waals surface area contributed by atoms with Crippen LogP contribution in [-0.4, -0.2) is 29.6 Å². The van der Waals surface area contributed by atoms with Gasteiger partial charge in [-0.25, -0.2) is 18.1 Å². The number of imidazole rings is 1. The Balaban J connectivity index is 1.73. The number of hydrogen-bond acceptors (Lipinski definition) is 4. The van der Waals surface area contributed by atoms with Gasteiger partial charge in [0.2, 0.25) is 10.0 Å². The van der Waals surface area contributed by atoms with Gasteiger partial charge in [-0.1, -0.05) is 60.1 Å². The Morgan fingerprint density at radius 1 is 1.19 bits per heavy atom. The summed E-state index contributed by atoms with van der Waals surface area (Å²) in [7, 11) is -3.72. The van der Waals surface area contributed by atoms with E-state index in [4.69, 9.17) is 11.6 Å². The zero-order valence-corrected chi connectivity index (χ0v) is 18.8. The van der Waals surface area contributed by atoms with E-state index in [1.807, 2.05) is 48.5 Å². The van der Waals surface area contributed by atoms with E-state index >= 15 is 0 Å². The van der Waals surface area contributed by atoms with Gasteiger partial charge < -0.3 is 4.57 Å². The molecule has 0 aliphatic heterocycles. The van der Waals surface area contributed by atoms with Gasteiger partial charge in [0.15, 0.2) is 0 Å². The Labute approximate surface area is 187 Å². The summed E-state index contributed by atoms with van der Waals surface area (Å²) < 4.78 is 27.9. The van der Waals surface area contributed by atoms with Crippen LogP contribution in [-0.2, 0) is 16.6 Å². The fourth-order valence-electron chi connectivity index (χ4n) is 3.11. The van der Waals surface area contributed by atoms with Crippen molar-refractivity contribution in [2.45, 2.75) is 26.3 Å². The van der Waals surface area contributed by atoms with Crippen LogP contribution in [0.4, 0.5) is 0 Å². The second kappa shape index (κ2) is 9.94. The number of sulfonamides is 1. The van der Waals surface area contributed by atoms with Gasteiger partial charge in [-0.2, -0.15) is 0 Å². The van der Waals surface area contributed by atoms with Gasteiger partial charge in [0, 0.05) is 11.2 Å². The number of carbonyl (C=O) groups excluding carboxylic acids is 1. The number of aromatic nitrogens is 2. The lowest BCUT2D eigenvalue weighted by molar-refractivity contribution is 0.0977. The van der Waals surface area contributed by atoms with Crippen molar-refractivity contribution in [3.8, 4) is 11.1 Å². The van der Waals surface area contributed by atoms with Gasteiger partial charge in [0.05, 0.1) is 12.3 Å². The van der Waals surface area contributed by atoms with Gasteiger partial charge in [-0.15, -0.1) is 6.58 Å². The molecule has 0 fully saturated rings. The number of nitrogens with one attached hydrogen (secondary N) is 1. The van der Waals surface area contributed by atoms with Crippen molar-refractivity contribution in [1.82, 2.24) is 14.3 Å². The minimum atomic E-state index is -3.72. The third-order valence-corrected chi connectivity index (χ3v) is 6.45. The number of aryl methyl sites for hydroxylation is 1. The molecule has 2 aromatic carbocycles. The first-order valence-corrected chi connectivity index (χ1v) is 11.9. The topological polar surface area (TPSA) is 81.1 Å². The molecule has 3 aromatic rings. The summed E-state index contributed by atoms with van der Waals surface area (Å²) in [5.41, 5.74) is 2.99. The summed E-state index contributed by atoms with van der Waals surface area (Å²) in [6, 6.07) is 15.8. The number of unbranched alkanes of at least 4 members (excludes halogenated alkanes) is 1. The normalized spacial score (nSPS) is 11.3. The summed E-state index contributed by atoms with van der Waals surface area (Å²) in [6.07, 6.45) is 4.13. The van der Waals surface area contributed by atoms with E-state index in [0.29, 0.717) is 30.2 Å². The number of nitrogens with zero attached hydrogens (tertiary/aromatic N) is 2. The predicted molar refractivity (Wildman–Crippen MR) is 124 cm³/mol. The molecule has 0 spiro atoms. The van der Waals surface area contributed by atoms with Gasteiger partial charge in [0.25, 0.3) is 5.91 Å². The van der Waals surface area contributed by atoms with Crippen LogP contribution in [0, 0.1) is 6.92 Å². The highest BCUT2D eigenvalue weighted by Crippen LogP contribution is 2.26. The quantitative estimate of drug-likeness (QED) is 0.376. The highest BCUT2D eigenvalue weighted by atomic mass is 35.5. The van der Waals surface area contributed by atoms with Crippen molar-refractivity contribution >= 4 is 27.5 Å². The molecule has 8 heteroatoms. The van der Waals surface area contributed by atoms with Gasteiger partial charge in [-0.05, 0) is 42.5 Å². The molecule has 6 nitrogen and oxygen atoms in total. The van der Waals surface area contributed by atoms with Crippen molar-refractivity contribution in [1.29, 1.82) is 0 Å². The Kier molecular flexibility index (Phi) is 7.30. The average Bonchev–Trinajstić information content (AvgIpc) is 3.10. The minimum Gasteiger partial charge on any atom is -0.330 e. The molecule has 31 heavy (non-hydrogen) atoms. The van der Waals surface area contributed by atoms with Crippen LogP contribution in [0.15, 0.2) is 67.4 Å². The zero-order chi connectivity index (χ0) is 22.4. The molecule has 0 atom stereocenters. The molecule has 0 aliphatic rings. The van der Waals surface area contributed by atoms with Crippen LogP contribution < -0.4 is 4.72 Å². The fraction of sp³-hybridized carbons (Fsp3) is 0.217. The molecular formula is C23H24ClN3O3S. The van der Waals surface area contributed by atoms with Crippen LogP contribution in [0.1, 0.15) is 34.7 Å². The molecule has 1 N–H and O–H groups in total. The molecule has 1 amide bonds. The lowest BCUT2D eigenvalue weighted by Gasteiger charge is -2.09. The minimum absolute atomic E-state index is 0.0434. The second-order valence-corrected chi connectivity index (χ2v) is 9.40. The van der Waals surface area contributed by atoms with Crippen LogP contribution in [0.3, 0.4) is 0 Å². The maximum atomic E-state index is 12.4. The molecule has 0 bridgehead atoms. The summed E-state index contributed by atoms with van der Waals surface area (Å²) >= 11 is 6.50. The molecule has 0 aliphatic carbocycles. The molecule has 0 saturated carbocycles. The van der Waals surface area contributed by atoms with E-state index in [0.717, 1.165) is 16.7 Å². The largest absolute Gasteiger partial charge is 0.330 e. The molecule has 0 radical (unpaired) electrons. The lowest BCUT2D eigenvalue weighted by Crippen LogP contribution is -2.32. The summed E-state index contributed by atoms with van der Waals surface area (Å²) in [5, 5.41) is 0.602. The third-order valence-electron chi connectivity index (χ3n) is 4.78. The highest BCUT2D eigenvalue weighted by Gasteiger charge is 2.19. The maximum absolute atomic E-state index is 12.4. The zero-order valence-electron chi connectivity index (χ0n) is 17.2. The van der Waals surface area contributed by atoms with Crippen LogP contribution >= 0.6 is 11.6 Å². The maximum Gasteiger partial charge on any atom is 0.284 e. The van der Waals surface area contributed by atoms with Gasteiger partial charge in [0.1, 0.15) is 11.5 Å². The van der Waals surface area contributed by atoms with E-state index in [1.54, 1.807) is 17.6 Å². The van der Waals surface area contributed by atoms with Crippen LogP contribution in [0.5, 0.6) is 0 Å².